The van der Waals surface area contributed by atoms with Gasteiger partial charge in [-0.2, -0.15) is 0 Å². The van der Waals surface area contributed by atoms with Gasteiger partial charge in [0.15, 0.2) is 0 Å². The van der Waals surface area contributed by atoms with Gasteiger partial charge < -0.3 is 10.2 Å². The lowest BCUT2D eigenvalue weighted by atomic mass is 9.81. The van der Waals surface area contributed by atoms with Gasteiger partial charge in [-0.05, 0) is 90.8 Å². The van der Waals surface area contributed by atoms with Gasteiger partial charge in [-0.15, -0.1) is 0 Å². The van der Waals surface area contributed by atoms with Crippen LogP contribution in [-0.4, -0.2) is 0 Å². The Morgan fingerprint density at radius 3 is 2.08 bits per heavy atom. The zero-order chi connectivity index (χ0) is 32.4. The summed E-state index contributed by atoms with van der Waals surface area (Å²) in [7, 11) is 0. The highest BCUT2D eigenvalue weighted by Crippen LogP contribution is 2.51. The molecule has 3 nitrogen and oxygen atoms in total. The van der Waals surface area contributed by atoms with Crippen LogP contribution in [0.3, 0.4) is 0 Å². The molecule has 2 unspecified atom stereocenters. The zero-order valence-electron chi connectivity index (χ0n) is 27.1. The van der Waals surface area contributed by atoms with Crippen LogP contribution in [0.4, 0.5) is 0 Å². The summed E-state index contributed by atoms with van der Waals surface area (Å²) in [5, 5.41) is 10.9. The molecule has 1 aliphatic carbocycles. The molecule has 0 saturated carbocycles. The van der Waals surface area contributed by atoms with Crippen LogP contribution in [0, 0.1) is 0 Å². The van der Waals surface area contributed by atoms with Crippen molar-refractivity contribution in [3.63, 3.8) is 0 Å². The summed E-state index contributed by atoms with van der Waals surface area (Å²) >= 11 is 0. The third kappa shape index (κ3) is 4.58. The average molecular weight is 621 g/mol. The fraction of sp³-hybridized carbons (Fsp3) is 0.111. The first kappa shape index (κ1) is 28.7. The molecule has 3 heteroatoms. The Bertz CT molecular complexity index is 2540. The van der Waals surface area contributed by atoms with E-state index in [2.05, 4.69) is 153 Å². The van der Waals surface area contributed by atoms with E-state index in [4.69, 9.17) is 10.2 Å². The van der Waals surface area contributed by atoms with Gasteiger partial charge in [0.25, 0.3) is 0 Å². The maximum atomic E-state index is 6.88. The molecular weight excluding hydrogens is 585 g/mol. The van der Waals surface area contributed by atoms with Crippen LogP contribution >= 0.6 is 0 Å². The fourth-order valence-corrected chi connectivity index (χ4v) is 7.84. The number of hydrogen-bond donors (Lipinski definition) is 2. The van der Waals surface area contributed by atoms with Gasteiger partial charge >= 0.3 is 0 Å². The topological polar surface area (TPSA) is 51.2 Å². The Morgan fingerprint density at radius 2 is 1.31 bits per heavy atom. The summed E-state index contributed by atoms with van der Waals surface area (Å²) in [5.41, 5.74) is 17.3. The Morgan fingerprint density at radius 1 is 0.646 bits per heavy atom. The van der Waals surface area contributed by atoms with Crippen LogP contribution in [0.5, 0.6) is 0 Å². The molecule has 232 valence electrons. The molecule has 48 heavy (non-hydrogen) atoms. The van der Waals surface area contributed by atoms with Gasteiger partial charge in [0.1, 0.15) is 11.2 Å². The minimum absolute atomic E-state index is 0.101. The van der Waals surface area contributed by atoms with Crippen molar-refractivity contribution in [1.29, 1.82) is 0 Å². The van der Waals surface area contributed by atoms with Crippen LogP contribution in [-0.2, 0) is 5.41 Å². The highest BCUT2D eigenvalue weighted by molar-refractivity contribution is 6.11. The van der Waals surface area contributed by atoms with Crippen molar-refractivity contribution in [3.05, 3.63) is 173 Å². The van der Waals surface area contributed by atoms with Gasteiger partial charge in [0.05, 0.1) is 12.2 Å². The van der Waals surface area contributed by atoms with Crippen molar-refractivity contribution in [1.82, 2.24) is 5.32 Å². The molecule has 0 saturated heterocycles. The smallest absolute Gasteiger partial charge is 0.136 e. The number of nitrogens with two attached hydrogens (primary N) is 1. The van der Waals surface area contributed by atoms with Crippen molar-refractivity contribution in [3.8, 4) is 11.1 Å². The highest BCUT2D eigenvalue weighted by Gasteiger charge is 2.36. The minimum Gasteiger partial charge on any atom is -0.456 e. The van der Waals surface area contributed by atoms with Crippen LogP contribution in [0.1, 0.15) is 53.9 Å². The Labute approximate surface area is 280 Å². The number of nitrogens with one attached hydrogen (secondary N) is 1. The van der Waals surface area contributed by atoms with E-state index < -0.39 is 0 Å². The van der Waals surface area contributed by atoms with Gasteiger partial charge in [-0.1, -0.05) is 135 Å². The third-order valence-electron chi connectivity index (χ3n) is 10.3. The lowest BCUT2D eigenvalue weighted by Crippen LogP contribution is -2.31. The molecule has 1 heterocycles. The first-order valence-corrected chi connectivity index (χ1v) is 16.7. The van der Waals surface area contributed by atoms with Gasteiger partial charge in [-0.3, -0.25) is 5.32 Å². The maximum absolute atomic E-state index is 6.88. The number of benzene rings is 7. The van der Waals surface area contributed by atoms with Crippen LogP contribution in [0.15, 0.2) is 150 Å². The second-order valence-electron chi connectivity index (χ2n) is 13.5. The van der Waals surface area contributed by atoms with E-state index in [0.717, 1.165) is 33.1 Å². The molecule has 3 N–H and O–H groups in total. The molecule has 0 fully saturated rings. The van der Waals surface area contributed by atoms with Crippen molar-refractivity contribution < 1.29 is 4.42 Å². The van der Waals surface area contributed by atoms with E-state index in [1.807, 2.05) is 18.2 Å². The highest BCUT2D eigenvalue weighted by atomic mass is 16.3. The number of hydrogen-bond acceptors (Lipinski definition) is 3. The molecule has 0 aliphatic heterocycles. The number of rotatable bonds is 6. The van der Waals surface area contributed by atoms with Crippen molar-refractivity contribution in [2.75, 3.05) is 0 Å². The van der Waals surface area contributed by atoms with E-state index in [-0.39, 0.29) is 17.6 Å². The SMILES string of the molecule is CC1(C)c2cc3ccccc3cc2-c2c(/C=C/C(NC(N)c3ccccc3)c3cccc4oc5cc6ccccc6cc5c34)cccc21. The summed E-state index contributed by atoms with van der Waals surface area (Å²) in [5.74, 6) is 0. The summed E-state index contributed by atoms with van der Waals surface area (Å²) in [6.45, 7) is 4.69. The normalized spacial score (nSPS) is 15.0. The van der Waals surface area contributed by atoms with E-state index in [0.29, 0.717) is 0 Å². The predicted molar refractivity (Wildman–Crippen MR) is 201 cm³/mol. The Kier molecular flexibility index (Phi) is 6.62. The second kappa shape index (κ2) is 11.1. The maximum Gasteiger partial charge on any atom is 0.136 e. The molecule has 2 atom stereocenters. The van der Waals surface area contributed by atoms with Gasteiger partial charge in [0, 0.05) is 16.2 Å². The fourth-order valence-electron chi connectivity index (χ4n) is 7.84. The van der Waals surface area contributed by atoms with Crippen LogP contribution in [0.25, 0.3) is 60.7 Å². The number of fused-ring (bicyclic) bond motifs is 8. The standard InChI is InChI=1S/C45H36N2O/c1-45(2)37-20-10-18-28(42(37)35-24-30-14-6-8-16-32(30)26-38(35)45)22-23-39(47-44(46)29-12-4-3-5-13-29)34-19-11-21-40-43(34)36-25-31-15-7-9-17-33(31)27-41(36)48-40/h3-27,39,44,47H,46H2,1-2H3/b23-22+. The molecule has 0 amide bonds. The third-order valence-corrected chi connectivity index (χ3v) is 10.3. The minimum atomic E-state index is -0.373. The molecule has 0 spiro atoms. The first-order chi connectivity index (χ1) is 23.5. The van der Waals surface area contributed by atoms with Crippen molar-refractivity contribution in [2.24, 2.45) is 5.73 Å². The van der Waals surface area contributed by atoms with Gasteiger partial charge in [0.2, 0.25) is 0 Å². The first-order valence-electron chi connectivity index (χ1n) is 16.7. The molecule has 7 aromatic carbocycles. The Hall–Kier alpha value is -5.48. The summed E-state index contributed by atoms with van der Waals surface area (Å²) in [6.07, 6.45) is 4.19. The molecular formula is C45H36N2O. The Balaban J connectivity index is 1.21. The second-order valence-corrected chi connectivity index (χ2v) is 13.5. The quantitative estimate of drug-likeness (QED) is 0.182. The van der Waals surface area contributed by atoms with Crippen molar-refractivity contribution >= 4 is 49.6 Å². The molecule has 1 aliphatic rings. The molecule has 9 rings (SSSR count). The summed E-state index contributed by atoms with van der Waals surface area (Å²) in [4.78, 5) is 0. The van der Waals surface area contributed by atoms with E-state index in [1.165, 1.54) is 49.4 Å². The monoisotopic (exact) mass is 620 g/mol. The lowest BCUT2D eigenvalue weighted by Gasteiger charge is -2.23. The molecule has 0 bridgehead atoms. The zero-order valence-corrected chi connectivity index (χ0v) is 27.1. The van der Waals surface area contributed by atoms with E-state index >= 15 is 0 Å². The number of furan rings is 1. The summed E-state index contributed by atoms with van der Waals surface area (Å²) < 4.78 is 6.48. The van der Waals surface area contributed by atoms with Crippen LogP contribution < -0.4 is 11.1 Å². The lowest BCUT2D eigenvalue weighted by molar-refractivity contribution is 0.511. The predicted octanol–water partition coefficient (Wildman–Crippen LogP) is 11.2. The van der Waals surface area contributed by atoms with Gasteiger partial charge in [-0.25, -0.2) is 0 Å². The van der Waals surface area contributed by atoms with Crippen LogP contribution in [0.2, 0.25) is 0 Å². The van der Waals surface area contributed by atoms with E-state index in [1.54, 1.807) is 0 Å². The molecule has 0 radical (unpaired) electrons. The van der Waals surface area contributed by atoms with E-state index in [9.17, 15) is 0 Å². The molecule has 1 aromatic heterocycles. The summed E-state index contributed by atoms with van der Waals surface area (Å²) in [6, 6.07) is 49.4. The average Bonchev–Trinajstić information content (AvgIpc) is 3.59. The largest absolute Gasteiger partial charge is 0.456 e. The van der Waals surface area contributed by atoms with Crippen molar-refractivity contribution in [2.45, 2.75) is 31.5 Å². The molecule has 8 aromatic rings.